The highest BCUT2D eigenvalue weighted by Crippen LogP contribution is 2.30. The number of nitrogens with two attached hydrogens (primary N) is 1. The van der Waals surface area contributed by atoms with Crippen molar-refractivity contribution in [1.29, 1.82) is 0 Å². The van der Waals surface area contributed by atoms with Crippen molar-refractivity contribution in [2.45, 2.75) is 6.42 Å². The quantitative estimate of drug-likeness (QED) is 0.851. The molecule has 1 amide bonds. The molecule has 2 aromatic rings. The molecule has 0 aromatic heterocycles. The highest BCUT2D eigenvalue weighted by Gasteiger charge is 2.26. The molecular weight excluding hydrogens is 252 g/mol. The Morgan fingerprint density at radius 2 is 2.05 bits per heavy atom. The second-order valence-corrected chi connectivity index (χ2v) is 4.79. The van der Waals surface area contributed by atoms with Gasteiger partial charge in [-0.05, 0) is 30.2 Å². The van der Waals surface area contributed by atoms with Gasteiger partial charge in [0.25, 0.3) is 5.91 Å². The number of carbonyl (C=O) groups is 1. The van der Waals surface area contributed by atoms with E-state index in [2.05, 4.69) is 6.07 Å². The molecule has 1 aliphatic rings. The molecule has 0 saturated carbocycles. The van der Waals surface area contributed by atoms with Crippen molar-refractivity contribution < 1.29 is 9.53 Å². The van der Waals surface area contributed by atoms with Gasteiger partial charge in [0.1, 0.15) is 5.75 Å². The van der Waals surface area contributed by atoms with Crippen LogP contribution in [0.2, 0.25) is 0 Å². The number of anilines is 2. The Bertz CT molecular complexity index is 667. The van der Waals surface area contributed by atoms with Crippen molar-refractivity contribution in [3.05, 3.63) is 53.6 Å². The minimum atomic E-state index is -0.0601. The fraction of sp³-hybridized carbons (Fsp3) is 0.188. The molecule has 0 bridgehead atoms. The van der Waals surface area contributed by atoms with Crippen molar-refractivity contribution in [1.82, 2.24) is 0 Å². The van der Waals surface area contributed by atoms with Crippen LogP contribution in [0.4, 0.5) is 11.4 Å². The Balaban J connectivity index is 1.95. The molecule has 0 radical (unpaired) electrons. The SMILES string of the molecule is COc1ccc(C(=O)N2CCc3ccccc32)c(N)c1. The summed E-state index contributed by atoms with van der Waals surface area (Å²) in [5.41, 5.74) is 9.10. The van der Waals surface area contributed by atoms with Gasteiger partial charge in [0.15, 0.2) is 0 Å². The van der Waals surface area contributed by atoms with Crippen LogP contribution in [0.1, 0.15) is 15.9 Å². The number of benzene rings is 2. The molecule has 0 spiro atoms. The van der Waals surface area contributed by atoms with Gasteiger partial charge in [0.05, 0.1) is 12.7 Å². The third kappa shape index (κ3) is 1.99. The van der Waals surface area contributed by atoms with E-state index in [0.717, 1.165) is 12.1 Å². The van der Waals surface area contributed by atoms with E-state index in [9.17, 15) is 4.79 Å². The summed E-state index contributed by atoms with van der Waals surface area (Å²) in [6, 6.07) is 13.1. The number of amides is 1. The minimum absolute atomic E-state index is 0.0601. The molecule has 4 heteroatoms. The molecule has 3 rings (SSSR count). The van der Waals surface area contributed by atoms with E-state index in [1.807, 2.05) is 18.2 Å². The first-order valence-corrected chi connectivity index (χ1v) is 6.54. The minimum Gasteiger partial charge on any atom is -0.497 e. The van der Waals surface area contributed by atoms with Gasteiger partial charge < -0.3 is 15.4 Å². The largest absolute Gasteiger partial charge is 0.497 e. The van der Waals surface area contributed by atoms with E-state index in [-0.39, 0.29) is 5.91 Å². The third-order valence-electron chi connectivity index (χ3n) is 3.62. The molecule has 0 unspecified atom stereocenters. The van der Waals surface area contributed by atoms with E-state index in [0.29, 0.717) is 23.5 Å². The molecule has 1 heterocycles. The molecule has 1 aliphatic heterocycles. The lowest BCUT2D eigenvalue weighted by molar-refractivity contribution is 0.0990. The summed E-state index contributed by atoms with van der Waals surface area (Å²) in [5.74, 6) is 0.593. The van der Waals surface area contributed by atoms with Crippen LogP contribution < -0.4 is 15.4 Å². The smallest absolute Gasteiger partial charge is 0.260 e. The Hall–Kier alpha value is -2.49. The molecule has 4 nitrogen and oxygen atoms in total. The Morgan fingerprint density at radius 1 is 1.25 bits per heavy atom. The van der Waals surface area contributed by atoms with Crippen molar-refractivity contribution in [2.24, 2.45) is 0 Å². The first kappa shape index (κ1) is 12.5. The van der Waals surface area contributed by atoms with Gasteiger partial charge in [0, 0.05) is 24.0 Å². The van der Waals surface area contributed by atoms with Gasteiger partial charge in [-0.15, -0.1) is 0 Å². The molecule has 102 valence electrons. The monoisotopic (exact) mass is 268 g/mol. The average Bonchev–Trinajstić information content (AvgIpc) is 2.90. The standard InChI is InChI=1S/C16H16N2O2/c1-20-12-6-7-13(14(17)10-12)16(19)18-9-8-11-4-2-3-5-15(11)18/h2-7,10H,8-9,17H2,1H3. The van der Waals surface area contributed by atoms with Gasteiger partial charge in [-0.3, -0.25) is 4.79 Å². The molecule has 2 N–H and O–H groups in total. The highest BCUT2D eigenvalue weighted by atomic mass is 16.5. The lowest BCUT2D eigenvalue weighted by Gasteiger charge is -2.18. The molecule has 2 aromatic carbocycles. The number of rotatable bonds is 2. The molecular formula is C16H16N2O2. The Kier molecular flexibility index (Phi) is 3.06. The second-order valence-electron chi connectivity index (χ2n) is 4.79. The van der Waals surface area contributed by atoms with Crippen LogP contribution in [0.15, 0.2) is 42.5 Å². The van der Waals surface area contributed by atoms with E-state index in [1.165, 1.54) is 5.56 Å². The number of fused-ring (bicyclic) bond motifs is 1. The first-order valence-electron chi connectivity index (χ1n) is 6.54. The number of hydrogen-bond donors (Lipinski definition) is 1. The van der Waals surface area contributed by atoms with Crippen LogP contribution in [-0.2, 0) is 6.42 Å². The normalized spacial score (nSPS) is 13.2. The zero-order chi connectivity index (χ0) is 14.1. The molecule has 0 saturated heterocycles. The zero-order valence-corrected chi connectivity index (χ0v) is 11.3. The van der Waals surface area contributed by atoms with Gasteiger partial charge >= 0.3 is 0 Å². The topological polar surface area (TPSA) is 55.6 Å². The van der Waals surface area contributed by atoms with E-state index in [4.69, 9.17) is 10.5 Å². The van der Waals surface area contributed by atoms with E-state index >= 15 is 0 Å². The predicted molar refractivity (Wildman–Crippen MR) is 79.2 cm³/mol. The first-order chi connectivity index (χ1) is 9.70. The van der Waals surface area contributed by atoms with Gasteiger partial charge in [-0.1, -0.05) is 18.2 Å². The average molecular weight is 268 g/mol. The third-order valence-corrected chi connectivity index (χ3v) is 3.62. The summed E-state index contributed by atoms with van der Waals surface area (Å²) >= 11 is 0. The van der Waals surface area contributed by atoms with E-state index in [1.54, 1.807) is 30.2 Å². The number of hydrogen-bond acceptors (Lipinski definition) is 3. The van der Waals surface area contributed by atoms with Crippen molar-refractivity contribution in [2.75, 3.05) is 24.3 Å². The van der Waals surface area contributed by atoms with Crippen LogP contribution in [0.5, 0.6) is 5.75 Å². The Morgan fingerprint density at radius 3 is 2.80 bits per heavy atom. The second kappa shape index (κ2) is 4.89. The molecule has 20 heavy (non-hydrogen) atoms. The number of nitrogen functional groups attached to an aromatic ring is 1. The maximum Gasteiger partial charge on any atom is 0.260 e. The van der Waals surface area contributed by atoms with E-state index < -0.39 is 0 Å². The maximum atomic E-state index is 12.6. The van der Waals surface area contributed by atoms with Crippen molar-refractivity contribution >= 4 is 17.3 Å². The lowest BCUT2D eigenvalue weighted by atomic mass is 10.1. The summed E-state index contributed by atoms with van der Waals surface area (Å²) < 4.78 is 5.11. The lowest BCUT2D eigenvalue weighted by Crippen LogP contribution is -2.29. The molecule has 0 aliphatic carbocycles. The number of carbonyl (C=O) groups excluding carboxylic acids is 1. The predicted octanol–water partition coefficient (Wildman–Crippen LogP) is 2.48. The van der Waals surface area contributed by atoms with Gasteiger partial charge in [-0.25, -0.2) is 0 Å². The maximum absolute atomic E-state index is 12.6. The summed E-state index contributed by atoms with van der Waals surface area (Å²) in [4.78, 5) is 14.4. The van der Waals surface area contributed by atoms with Crippen LogP contribution in [0.25, 0.3) is 0 Å². The molecule has 0 atom stereocenters. The Labute approximate surface area is 117 Å². The number of para-hydroxylation sites is 1. The summed E-state index contributed by atoms with van der Waals surface area (Å²) in [6.07, 6.45) is 0.887. The fourth-order valence-electron chi connectivity index (χ4n) is 2.56. The van der Waals surface area contributed by atoms with Crippen LogP contribution in [0, 0.1) is 0 Å². The summed E-state index contributed by atoms with van der Waals surface area (Å²) in [7, 11) is 1.58. The number of ether oxygens (including phenoxy) is 1. The van der Waals surface area contributed by atoms with Crippen LogP contribution in [0.3, 0.4) is 0 Å². The number of methoxy groups -OCH3 is 1. The van der Waals surface area contributed by atoms with Crippen LogP contribution in [-0.4, -0.2) is 19.6 Å². The van der Waals surface area contributed by atoms with Crippen molar-refractivity contribution in [3.8, 4) is 5.75 Å². The van der Waals surface area contributed by atoms with Crippen LogP contribution >= 0.6 is 0 Å². The fourth-order valence-corrected chi connectivity index (χ4v) is 2.56. The van der Waals surface area contributed by atoms with Crippen molar-refractivity contribution in [3.63, 3.8) is 0 Å². The number of nitrogens with zero attached hydrogens (tertiary/aromatic N) is 1. The summed E-state index contributed by atoms with van der Waals surface area (Å²) in [5, 5.41) is 0. The molecule has 0 fully saturated rings. The zero-order valence-electron chi connectivity index (χ0n) is 11.3. The van der Waals surface area contributed by atoms with Gasteiger partial charge in [0.2, 0.25) is 0 Å². The summed E-state index contributed by atoms with van der Waals surface area (Å²) in [6.45, 7) is 0.698. The van der Waals surface area contributed by atoms with Gasteiger partial charge in [-0.2, -0.15) is 0 Å². The highest BCUT2D eigenvalue weighted by molar-refractivity contribution is 6.10.